The molecule has 0 spiro atoms. The average molecular weight is 298 g/mol. The summed E-state index contributed by atoms with van der Waals surface area (Å²) in [5.74, 6) is 0.344. The molecule has 0 amide bonds. The van der Waals surface area contributed by atoms with Gasteiger partial charge in [-0.15, -0.1) is 0 Å². The largest absolute Gasteiger partial charge is 0.416 e. The first-order chi connectivity index (χ1) is 10.0. The zero-order chi connectivity index (χ0) is 15.0. The summed E-state index contributed by atoms with van der Waals surface area (Å²) >= 11 is 0. The van der Waals surface area contributed by atoms with Crippen molar-refractivity contribution in [1.82, 2.24) is 4.90 Å². The first-order valence-corrected chi connectivity index (χ1v) is 7.63. The molecule has 1 aromatic carbocycles. The molecule has 2 unspecified atom stereocenters. The zero-order valence-electron chi connectivity index (χ0n) is 11.9. The Hall–Kier alpha value is -1.07. The smallest absolute Gasteiger partial charge is 0.330 e. The van der Waals surface area contributed by atoms with Gasteiger partial charge in [-0.25, -0.2) is 0 Å². The minimum absolute atomic E-state index is 0.179. The van der Waals surface area contributed by atoms with Crippen LogP contribution in [0.3, 0.4) is 0 Å². The number of halogens is 3. The summed E-state index contributed by atoms with van der Waals surface area (Å²) in [4.78, 5) is 2.46. The molecule has 0 aromatic heterocycles. The molecule has 2 fully saturated rings. The fourth-order valence-electron chi connectivity index (χ4n) is 3.50. The van der Waals surface area contributed by atoms with Crippen molar-refractivity contribution in [2.75, 3.05) is 13.1 Å². The fourth-order valence-corrected chi connectivity index (χ4v) is 3.50. The third kappa shape index (κ3) is 3.09. The standard InChI is InChI=1S/C16H21F3N2/c17-16(18,19)13-5-3-11(4-6-13)15-12(10-20)2-1-9-21(15)14-7-8-14/h3-6,12,14-15H,1-2,7-10,20H2. The van der Waals surface area contributed by atoms with Gasteiger partial charge in [0.1, 0.15) is 0 Å². The Morgan fingerprint density at radius 1 is 1.10 bits per heavy atom. The van der Waals surface area contributed by atoms with E-state index in [1.165, 1.54) is 25.0 Å². The summed E-state index contributed by atoms with van der Waals surface area (Å²) in [6, 6.07) is 6.45. The van der Waals surface area contributed by atoms with Gasteiger partial charge in [0, 0.05) is 12.1 Å². The maximum Gasteiger partial charge on any atom is 0.416 e. The second-order valence-electron chi connectivity index (χ2n) is 6.17. The predicted octanol–water partition coefficient (Wildman–Crippen LogP) is 3.58. The Balaban J connectivity index is 1.87. The van der Waals surface area contributed by atoms with E-state index in [0.717, 1.165) is 24.9 Å². The maximum absolute atomic E-state index is 12.7. The van der Waals surface area contributed by atoms with Crippen molar-refractivity contribution in [1.29, 1.82) is 0 Å². The van der Waals surface area contributed by atoms with Crippen LogP contribution >= 0.6 is 0 Å². The molecule has 116 valence electrons. The van der Waals surface area contributed by atoms with Gasteiger partial charge in [-0.2, -0.15) is 13.2 Å². The van der Waals surface area contributed by atoms with Gasteiger partial charge >= 0.3 is 6.18 Å². The number of benzene rings is 1. The van der Waals surface area contributed by atoms with Crippen molar-refractivity contribution in [3.05, 3.63) is 35.4 Å². The third-order valence-corrected chi connectivity index (χ3v) is 4.69. The Bertz CT molecular complexity index is 479. The second kappa shape index (κ2) is 5.61. The van der Waals surface area contributed by atoms with Gasteiger partial charge in [0.2, 0.25) is 0 Å². The van der Waals surface area contributed by atoms with Crippen molar-refractivity contribution in [3.8, 4) is 0 Å². The summed E-state index contributed by atoms with van der Waals surface area (Å²) in [5, 5.41) is 0. The number of piperidine rings is 1. The number of alkyl halides is 3. The topological polar surface area (TPSA) is 29.3 Å². The lowest BCUT2D eigenvalue weighted by molar-refractivity contribution is -0.137. The van der Waals surface area contributed by atoms with E-state index in [2.05, 4.69) is 4.90 Å². The van der Waals surface area contributed by atoms with Crippen LogP contribution in [0.15, 0.2) is 24.3 Å². The van der Waals surface area contributed by atoms with Crippen LogP contribution in [0.2, 0.25) is 0 Å². The van der Waals surface area contributed by atoms with Crippen LogP contribution in [0.4, 0.5) is 13.2 Å². The predicted molar refractivity (Wildman–Crippen MR) is 75.7 cm³/mol. The molecule has 21 heavy (non-hydrogen) atoms. The Kier molecular flexibility index (Phi) is 3.97. The van der Waals surface area contributed by atoms with Crippen molar-refractivity contribution < 1.29 is 13.2 Å². The Labute approximate surface area is 123 Å². The first kappa shape index (κ1) is 14.9. The highest BCUT2D eigenvalue weighted by molar-refractivity contribution is 5.28. The lowest BCUT2D eigenvalue weighted by Crippen LogP contribution is -2.42. The molecule has 3 rings (SSSR count). The molecular formula is C16H21F3N2. The van der Waals surface area contributed by atoms with Gasteiger partial charge in [0.15, 0.2) is 0 Å². The van der Waals surface area contributed by atoms with E-state index in [-0.39, 0.29) is 6.04 Å². The summed E-state index contributed by atoms with van der Waals surface area (Å²) in [5.41, 5.74) is 6.30. The summed E-state index contributed by atoms with van der Waals surface area (Å²) in [7, 11) is 0. The third-order valence-electron chi connectivity index (χ3n) is 4.69. The van der Waals surface area contributed by atoms with E-state index in [0.29, 0.717) is 18.5 Å². The molecule has 2 nitrogen and oxygen atoms in total. The van der Waals surface area contributed by atoms with Gasteiger partial charge in [0.25, 0.3) is 0 Å². The van der Waals surface area contributed by atoms with Crippen LogP contribution in [0.25, 0.3) is 0 Å². The van der Waals surface area contributed by atoms with Crippen molar-refractivity contribution in [2.45, 2.75) is 43.9 Å². The number of rotatable bonds is 3. The monoisotopic (exact) mass is 298 g/mol. The Morgan fingerprint density at radius 2 is 1.76 bits per heavy atom. The highest BCUT2D eigenvalue weighted by atomic mass is 19.4. The number of nitrogens with two attached hydrogens (primary N) is 1. The first-order valence-electron chi connectivity index (χ1n) is 7.63. The van der Waals surface area contributed by atoms with Gasteiger partial charge in [0.05, 0.1) is 5.56 Å². The summed E-state index contributed by atoms with van der Waals surface area (Å²) < 4.78 is 38.1. The van der Waals surface area contributed by atoms with Crippen molar-refractivity contribution in [2.24, 2.45) is 11.7 Å². The van der Waals surface area contributed by atoms with E-state index in [1.807, 2.05) is 0 Å². The molecule has 1 saturated carbocycles. The molecule has 2 N–H and O–H groups in total. The molecule has 0 bridgehead atoms. The average Bonchev–Trinajstić information content (AvgIpc) is 3.30. The quantitative estimate of drug-likeness (QED) is 0.924. The van der Waals surface area contributed by atoms with Crippen molar-refractivity contribution >= 4 is 0 Å². The number of hydrogen-bond acceptors (Lipinski definition) is 2. The number of hydrogen-bond donors (Lipinski definition) is 1. The van der Waals surface area contributed by atoms with Gasteiger partial charge < -0.3 is 5.73 Å². The van der Waals surface area contributed by atoms with E-state index in [4.69, 9.17) is 5.73 Å². The van der Waals surface area contributed by atoms with E-state index < -0.39 is 11.7 Å². The molecule has 1 saturated heterocycles. The van der Waals surface area contributed by atoms with Crippen LogP contribution in [-0.4, -0.2) is 24.0 Å². The SMILES string of the molecule is NCC1CCCN(C2CC2)C1c1ccc(C(F)(F)F)cc1. The second-order valence-corrected chi connectivity index (χ2v) is 6.17. The molecule has 5 heteroatoms. The lowest BCUT2D eigenvalue weighted by atomic mass is 9.84. The molecule has 1 aromatic rings. The number of likely N-dealkylation sites (tertiary alicyclic amines) is 1. The minimum atomic E-state index is -4.27. The fraction of sp³-hybridized carbons (Fsp3) is 0.625. The minimum Gasteiger partial charge on any atom is -0.330 e. The summed E-state index contributed by atoms with van der Waals surface area (Å²) in [6.07, 6.45) is 0.332. The van der Waals surface area contributed by atoms with E-state index in [9.17, 15) is 13.2 Å². The van der Waals surface area contributed by atoms with Gasteiger partial charge in [-0.1, -0.05) is 12.1 Å². The molecular weight excluding hydrogens is 277 g/mol. The molecule has 1 aliphatic carbocycles. The van der Waals surface area contributed by atoms with E-state index >= 15 is 0 Å². The van der Waals surface area contributed by atoms with Crippen LogP contribution in [0.5, 0.6) is 0 Å². The number of nitrogens with zero attached hydrogens (tertiary/aromatic N) is 1. The highest BCUT2D eigenvalue weighted by Gasteiger charge is 2.40. The Morgan fingerprint density at radius 3 is 2.29 bits per heavy atom. The normalized spacial score (nSPS) is 27.8. The zero-order valence-corrected chi connectivity index (χ0v) is 11.9. The lowest BCUT2D eigenvalue weighted by Gasteiger charge is -2.41. The maximum atomic E-state index is 12.7. The molecule has 1 heterocycles. The van der Waals surface area contributed by atoms with Gasteiger partial charge in [-0.05, 0) is 62.4 Å². The molecule has 2 atom stereocenters. The van der Waals surface area contributed by atoms with Crippen LogP contribution in [-0.2, 0) is 6.18 Å². The van der Waals surface area contributed by atoms with Crippen LogP contribution in [0.1, 0.15) is 42.9 Å². The van der Waals surface area contributed by atoms with E-state index in [1.54, 1.807) is 12.1 Å². The highest BCUT2D eigenvalue weighted by Crippen LogP contribution is 2.43. The van der Waals surface area contributed by atoms with Crippen LogP contribution < -0.4 is 5.73 Å². The van der Waals surface area contributed by atoms with Crippen molar-refractivity contribution in [3.63, 3.8) is 0 Å². The molecule has 2 aliphatic rings. The van der Waals surface area contributed by atoms with Crippen LogP contribution in [0, 0.1) is 5.92 Å². The molecule has 1 aliphatic heterocycles. The molecule has 0 radical (unpaired) electrons. The van der Waals surface area contributed by atoms with Gasteiger partial charge in [-0.3, -0.25) is 4.90 Å². The summed E-state index contributed by atoms with van der Waals surface area (Å²) in [6.45, 7) is 1.63.